The summed E-state index contributed by atoms with van der Waals surface area (Å²) in [6.07, 6.45) is 22.2. The van der Waals surface area contributed by atoms with E-state index in [9.17, 15) is 14.7 Å². The van der Waals surface area contributed by atoms with Crippen molar-refractivity contribution in [1.82, 2.24) is 4.90 Å². The van der Waals surface area contributed by atoms with Crippen LogP contribution in [0, 0.1) is 11.8 Å². The summed E-state index contributed by atoms with van der Waals surface area (Å²) in [6.45, 7) is 21.3. The number of carbonyl (C=O) groups is 2. The van der Waals surface area contributed by atoms with E-state index in [1.807, 2.05) is 6.92 Å². The van der Waals surface area contributed by atoms with Crippen LogP contribution < -0.4 is 0 Å². The van der Waals surface area contributed by atoms with E-state index in [2.05, 4.69) is 89.8 Å². The van der Waals surface area contributed by atoms with E-state index < -0.39 is 13.9 Å². The van der Waals surface area contributed by atoms with Crippen LogP contribution in [0.5, 0.6) is 0 Å². The Bertz CT molecular complexity index is 1190. The molecule has 1 aromatic carbocycles. The molecule has 1 saturated carbocycles. The second-order valence-corrected chi connectivity index (χ2v) is 22.4. The topological polar surface area (TPSA) is 76.1 Å². The number of benzene rings is 1. The Labute approximate surface area is 333 Å². The fraction of sp³-hybridized carbons (Fsp3) is 0.787. The van der Waals surface area contributed by atoms with Crippen LogP contribution in [0.3, 0.4) is 0 Å². The van der Waals surface area contributed by atoms with Gasteiger partial charge in [0.05, 0.1) is 18.8 Å². The average molecular weight is 770 g/mol. The lowest BCUT2D eigenvalue weighted by atomic mass is 9.87. The fourth-order valence-electron chi connectivity index (χ4n) is 8.65. The Morgan fingerprint density at radius 3 is 2.15 bits per heavy atom. The third-order valence-corrected chi connectivity index (χ3v) is 18.1. The van der Waals surface area contributed by atoms with Gasteiger partial charge >= 0.3 is 5.97 Å². The van der Waals surface area contributed by atoms with Gasteiger partial charge < -0.3 is 14.3 Å². The number of unbranched alkanes of at least 4 members (excludes halogenated alkanes) is 9. The Morgan fingerprint density at radius 2 is 1.52 bits per heavy atom. The zero-order valence-corrected chi connectivity index (χ0v) is 37.4. The molecule has 7 heteroatoms. The zero-order chi connectivity index (χ0) is 40.0. The summed E-state index contributed by atoms with van der Waals surface area (Å²) in [4.78, 5) is 27.9. The quantitative estimate of drug-likeness (QED) is 0.0363. The Hall–Kier alpha value is -1.80. The molecule has 1 N–H and O–H groups in total. The Kier molecular flexibility index (Phi) is 23.4. The molecule has 6 nitrogen and oxygen atoms in total. The predicted molar refractivity (Wildman–Crippen MR) is 230 cm³/mol. The molecule has 0 heterocycles. The molecule has 0 aromatic heterocycles. The minimum atomic E-state index is -2.32. The Balaban J connectivity index is 2.17. The molecule has 54 heavy (non-hydrogen) atoms. The molecule has 0 aliphatic heterocycles. The lowest BCUT2D eigenvalue weighted by molar-refractivity contribution is -0.140. The maximum Gasteiger partial charge on any atom is 0.305 e. The normalized spacial score (nSPS) is 19.1. The molecule has 2 rings (SSSR count). The summed E-state index contributed by atoms with van der Waals surface area (Å²) in [5, 5.41) is 11.1. The first-order valence-electron chi connectivity index (χ1n) is 22.3. The second-order valence-electron chi connectivity index (χ2n) is 17.5. The first-order chi connectivity index (χ1) is 25.8. The van der Waals surface area contributed by atoms with Gasteiger partial charge in [0.25, 0.3) is 0 Å². The Morgan fingerprint density at radius 1 is 0.907 bits per heavy atom. The highest BCUT2D eigenvalue weighted by Crippen LogP contribution is 2.44. The maximum atomic E-state index is 13.8. The van der Waals surface area contributed by atoms with Crippen molar-refractivity contribution in [3.63, 3.8) is 0 Å². The van der Waals surface area contributed by atoms with Gasteiger partial charge in [-0.15, -0.1) is 0 Å². The van der Waals surface area contributed by atoms with Gasteiger partial charge in [0.2, 0.25) is 0 Å². The number of ketones is 1. The highest BCUT2D eigenvalue weighted by atomic mass is 28.4. The number of aryl methyl sites for hydroxylation is 1. The summed E-state index contributed by atoms with van der Waals surface area (Å²) in [5.41, 5.74) is 2.85. The van der Waals surface area contributed by atoms with Crippen molar-refractivity contribution in [3.05, 3.63) is 47.5 Å². The van der Waals surface area contributed by atoms with E-state index in [1.165, 1.54) is 63.3 Å². The lowest BCUT2D eigenvalue weighted by Crippen LogP contribution is -2.48. The number of methoxy groups -OCH3 is 1. The van der Waals surface area contributed by atoms with Crippen molar-refractivity contribution in [3.8, 4) is 0 Å². The highest BCUT2D eigenvalue weighted by molar-refractivity contribution is 6.76. The molecule has 1 aliphatic rings. The van der Waals surface area contributed by atoms with Gasteiger partial charge in [-0.2, -0.15) is 0 Å². The van der Waals surface area contributed by atoms with Crippen molar-refractivity contribution in [1.29, 1.82) is 0 Å². The van der Waals surface area contributed by atoms with Crippen LogP contribution >= 0.6 is 0 Å². The van der Waals surface area contributed by atoms with E-state index in [4.69, 9.17) is 9.16 Å². The number of rotatable bonds is 30. The molecule has 1 unspecified atom stereocenters. The van der Waals surface area contributed by atoms with Crippen molar-refractivity contribution < 1.29 is 23.9 Å². The van der Waals surface area contributed by atoms with Crippen LogP contribution in [0.4, 0.5) is 0 Å². The smallest absolute Gasteiger partial charge is 0.305 e. The number of carbonyl (C=O) groups excluding carboxylic acids is 2. The number of hydrogen-bond acceptors (Lipinski definition) is 6. The van der Waals surface area contributed by atoms with E-state index >= 15 is 0 Å². The van der Waals surface area contributed by atoms with Crippen LogP contribution in [-0.4, -0.2) is 62.0 Å². The largest absolute Gasteiger partial charge is 0.469 e. The second kappa shape index (κ2) is 26.2. The highest BCUT2D eigenvalue weighted by Gasteiger charge is 2.49. The molecule has 0 bridgehead atoms. The molecular formula is C47H83NO5Si. The summed E-state index contributed by atoms with van der Waals surface area (Å²) in [7, 11) is -0.876. The van der Waals surface area contributed by atoms with Crippen molar-refractivity contribution in [2.24, 2.45) is 11.8 Å². The van der Waals surface area contributed by atoms with Crippen LogP contribution in [-0.2, 0) is 31.7 Å². The molecule has 4 atom stereocenters. The number of ether oxygens (including phenoxy) is 1. The SMILES string of the molecule is CCCCCCCCN(CC)Cc1ccc(CC[Si](O[C@@H]2CC(=O)[C@H](CCCCCCC(=O)OC)[C@H]2/C=C/CC(C)(O)CCCC)(C(C)C)C(C)C)cc1. The molecule has 1 fully saturated rings. The predicted octanol–water partition coefficient (Wildman–Crippen LogP) is 12.2. The number of hydrogen-bond donors (Lipinski definition) is 1. The van der Waals surface area contributed by atoms with Gasteiger partial charge in [-0.1, -0.05) is 149 Å². The minimum absolute atomic E-state index is 0.0241. The van der Waals surface area contributed by atoms with Crippen molar-refractivity contribution >= 4 is 20.1 Å². The van der Waals surface area contributed by atoms with E-state index in [0.717, 1.165) is 76.9 Å². The third kappa shape index (κ3) is 17.1. The monoisotopic (exact) mass is 770 g/mol. The van der Waals surface area contributed by atoms with E-state index in [1.54, 1.807) is 0 Å². The molecular weight excluding hydrogens is 687 g/mol. The van der Waals surface area contributed by atoms with Crippen molar-refractivity contribution in [2.45, 2.75) is 206 Å². The number of Topliss-reactive ketones (excluding diaryl/α,β-unsaturated/α-hetero) is 1. The minimum Gasteiger partial charge on any atom is -0.469 e. The van der Waals surface area contributed by atoms with Crippen LogP contribution in [0.1, 0.15) is 176 Å². The van der Waals surface area contributed by atoms with Crippen molar-refractivity contribution in [2.75, 3.05) is 20.2 Å². The summed E-state index contributed by atoms with van der Waals surface area (Å²) in [6, 6.07) is 10.4. The standard InChI is InChI=1S/C47H83NO5Si/c1-10-13-15-16-19-22-34-48(12-3)37-41-29-27-40(28-30-41)31-35-54(38(4)5,39(6)7)53-45-36-44(49)42(24-20-17-18-21-26-46(50)52-9)43(45)25-23-33-47(8,51)32-14-11-2/h23,25,27-30,38-39,42-43,45,51H,10-22,24,26,31-37H2,1-9H3/b25-23+/t42-,43-,45-,47?/m1/s1. The van der Waals surface area contributed by atoms with Gasteiger partial charge in [0.1, 0.15) is 5.78 Å². The molecule has 0 spiro atoms. The molecule has 310 valence electrons. The molecule has 0 saturated heterocycles. The van der Waals surface area contributed by atoms with Crippen LogP contribution in [0.25, 0.3) is 0 Å². The van der Waals surface area contributed by atoms with E-state index in [-0.39, 0.29) is 23.9 Å². The summed E-state index contributed by atoms with van der Waals surface area (Å²) < 4.78 is 12.3. The lowest BCUT2D eigenvalue weighted by Gasteiger charge is -2.42. The third-order valence-electron chi connectivity index (χ3n) is 12.4. The van der Waals surface area contributed by atoms with E-state index in [0.29, 0.717) is 36.1 Å². The van der Waals surface area contributed by atoms with Gasteiger partial charge in [0.15, 0.2) is 8.32 Å². The number of aliphatic hydroxyl groups is 1. The molecule has 0 amide bonds. The van der Waals surface area contributed by atoms with Gasteiger partial charge in [-0.3, -0.25) is 14.5 Å². The number of esters is 1. The van der Waals surface area contributed by atoms with Crippen LogP contribution in [0.2, 0.25) is 17.1 Å². The molecule has 1 aromatic rings. The van der Waals surface area contributed by atoms with Crippen LogP contribution in [0.15, 0.2) is 36.4 Å². The van der Waals surface area contributed by atoms with Gasteiger partial charge in [-0.05, 0) is 86.8 Å². The summed E-state index contributed by atoms with van der Waals surface area (Å²) >= 11 is 0. The van der Waals surface area contributed by atoms with Gasteiger partial charge in [0, 0.05) is 31.2 Å². The maximum absolute atomic E-state index is 13.8. The first kappa shape index (κ1) is 48.3. The zero-order valence-electron chi connectivity index (χ0n) is 36.4. The summed E-state index contributed by atoms with van der Waals surface area (Å²) in [5.74, 6) is 0.134. The molecule has 1 aliphatic carbocycles. The molecule has 0 radical (unpaired) electrons. The fourth-order valence-corrected chi connectivity index (χ4v) is 13.3. The first-order valence-corrected chi connectivity index (χ1v) is 24.6. The van der Waals surface area contributed by atoms with Gasteiger partial charge in [-0.25, -0.2) is 0 Å². The number of nitrogens with zero attached hydrogens (tertiary/aromatic N) is 1. The average Bonchev–Trinajstić information content (AvgIpc) is 3.43.